The van der Waals surface area contributed by atoms with Crippen LogP contribution in [0.5, 0.6) is 0 Å². The van der Waals surface area contributed by atoms with E-state index < -0.39 is 10.0 Å². The molecule has 1 aliphatic rings. The van der Waals surface area contributed by atoms with Gasteiger partial charge in [-0.3, -0.25) is 0 Å². The average molecular weight is 311 g/mol. The zero-order chi connectivity index (χ0) is 15.5. The number of hydrogen-bond acceptors (Lipinski definition) is 4. The highest BCUT2D eigenvalue weighted by atomic mass is 32.2. The summed E-state index contributed by atoms with van der Waals surface area (Å²) in [4.78, 5) is 2.24. The number of piperidine rings is 1. The van der Waals surface area contributed by atoms with Crippen LogP contribution < -0.4 is 5.73 Å². The predicted molar refractivity (Wildman–Crippen MR) is 86.3 cm³/mol. The molecule has 118 valence electrons. The molecule has 1 fully saturated rings. The van der Waals surface area contributed by atoms with Crippen LogP contribution in [-0.4, -0.2) is 50.6 Å². The minimum atomic E-state index is -3.06. The van der Waals surface area contributed by atoms with Gasteiger partial charge in [-0.25, -0.2) is 12.7 Å². The van der Waals surface area contributed by atoms with Gasteiger partial charge in [-0.15, -0.1) is 0 Å². The Labute approximate surface area is 127 Å². The van der Waals surface area contributed by atoms with E-state index in [9.17, 15) is 8.42 Å². The molecule has 0 amide bonds. The summed E-state index contributed by atoms with van der Waals surface area (Å²) in [7, 11) is -0.989. The van der Waals surface area contributed by atoms with Crippen LogP contribution in [0.1, 0.15) is 18.4 Å². The van der Waals surface area contributed by atoms with Crippen LogP contribution in [0.15, 0.2) is 24.3 Å². The minimum Gasteiger partial charge on any atom is -0.399 e. The van der Waals surface area contributed by atoms with Gasteiger partial charge in [0, 0.05) is 31.9 Å². The molecule has 0 saturated carbocycles. The van der Waals surface area contributed by atoms with Gasteiger partial charge in [0.15, 0.2) is 0 Å². The van der Waals surface area contributed by atoms with Gasteiger partial charge in [-0.1, -0.05) is 12.1 Å². The number of nitrogens with zero attached hydrogens (tertiary/aromatic N) is 2. The summed E-state index contributed by atoms with van der Waals surface area (Å²) >= 11 is 0. The first kappa shape index (κ1) is 16.3. The number of hydrogen-bond donors (Lipinski definition) is 1. The minimum absolute atomic E-state index is 0.402. The van der Waals surface area contributed by atoms with Gasteiger partial charge in [0.25, 0.3) is 0 Å². The van der Waals surface area contributed by atoms with Crippen LogP contribution >= 0.6 is 0 Å². The number of sulfonamides is 1. The van der Waals surface area contributed by atoms with Crippen molar-refractivity contribution >= 4 is 15.7 Å². The lowest BCUT2D eigenvalue weighted by atomic mass is 9.99. The summed E-state index contributed by atoms with van der Waals surface area (Å²) in [5, 5.41) is 0. The first-order valence-corrected chi connectivity index (χ1v) is 9.17. The largest absolute Gasteiger partial charge is 0.399 e. The molecule has 0 bridgehead atoms. The van der Waals surface area contributed by atoms with Crippen LogP contribution in [0.2, 0.25) is 0 Å². The second-order valence-electron chi connectivity index (χ2n) is 6.07. The molecule has 0 aliphatic carbocycles. The third-order valence-corrected chi connectivity index (χ3v) is 5.19. The molecule has 1 heterocycles. The van der Waals surface area contributed by atoms with Gasteiger partial charge in [-0.05, 0) is 43.5 Å². The Balaban J connectivity index is 1.89. The van der Waals surface area contributed by atoms with Crippen LogP contribution in [0, 0.1) is 5.92 Å². The number of rotatable bonds is 5. The monoisotopic (exact) mass is 311 g/mol. The lowest BCUT2D eigenvalue weighted by Crippen LogP contribution is -2.42. The Bertz CT molecular complexity index is 574. The number of nitrogen functional groups attached to an aromatic ring is 1. The summed E-state index contributed by atoms with van der Waals surface area (Å²) in [5.41, 5.74) is 7.76. The van der Waals surface area contributed by atoms with E-state index in [4.69, 9.17) is 5.73 Å². The number of benzene rings is 1. The average Bonchev–Trinajstić information content (AvgIpc) is 2.37. The quantitative estimate of drug-likeness (QED) is 0.834. The Morgan fingerprint density at radius 2 is 2.19 bits per heavy atom. The second-order valence-corrected chi connectivity index (χ2v) is 8.05. The normalized spacial score (nSPS) is 20.8. The van der Waals surface area contributed by atoms with E-state index in [2.05, 4.69) is 18.0 Å². The molecule has 1 aromatic rings. The fourth-order valence-electron chi connectivity index (χ4n) is 2.99. The van der Waals surface area contributed by atoms with Crippen molar-refractivity contribution in [3.8, 4) is 0 Å². The van der Waals surface area contributed by atoms with Crippen LogP contribution in [-0.2, 0) is 16.6 Å². The van der Waals surface area contributed by atoms with E-state index in [1.54, 1.807) is 4.31 Å². The van der Waals surface area contributed by atoms with Crippen molar-refractivity contribution in [2.45, 2.75) is 19.4 Å². The molecule has 1 aromatic carbocycles. The molecule has 6 heteroatoms. The van der Waals surface area contributed by atoms with Gasteiger partial charge >= 0.3 is 0 Å². The van der Waals surface area contributed by atoms with Crippen molar-refractivity contribution in [3.05, 3.63) is 29.8 Å². The molecular formula is C15H25N3O2S. The number of nitrogens with two attached hydrogens (primary N) is 1. The van der Waals surface area contributed by atoms with Crippen molar-refractivity contribution in [2.24, 2.45) is 5.92 Å². The molecular weight excluding hydrogens is 286 g/mol. The van der Waals surface area contributed by atoms with Crippen molar-refractivity contribution < 1.29 is 8.42 Å². The van der Waals surface area contributed by atoms with Gasteiger partial charge in [0.1, 0.15) is 0 Å². The zero-order valence-electron chi connectivity index (χ0n) is 12.8. The van der Waals surface area contributed by atoms with Crippen molar-refractivity contribution in [2.75, 3.05) is 38.7 Å². The SMILES string of the molecule is CN(Cc1cccc(N)c1)CC1CCCN(S(C)(=O)=O)C1. The van der Waals surface area contributed by atoms with Gasteiger partial charge < -0.3 is 10.6 Å². The van der Waals surface area contributed by atoms with E-state index in [1.807, 2.05) is 18.2 Å². The first-order chi connectivity index (χ1) is 9.84. The zero-order valence-corrected chi connectivity index (χ0v) is 13.6. The fraction of sp³-hybridized carbons (Fsp3) is 0.600. The van der Waals surface area contributed by atoms with E-state index in [0.29, 0.717) is 19.0 Å². The fourth-order valence-corrected chi connectivity index (χ4v) is 3.93. The first-order valence-electron chi connectivity index (χ1n) is 7.32. The van der Waals surface area contributed by atoms with Crippen LogP contribution in [0.3, 0.4) is 0 Å². The number of anilines is 1. The highest BCUT2D eigenvalue weighted by molar-refractivity contribution is 7.88. The molecule has 1 unspecified atom stereocenters. The molecule has 1 aliphatic heterocycles. The summed E-state index contributed by atoms with van der Waals surface area (Å²) in [6.45, 7) is 3.04. The highest BCUT2D eigenvalue weighted by Gasteiger charge is 2.26. The third kappa shape index (κ3) is 4.98. The maximum absolute atomic E-state index is 11.6. The predicted octanol–water partition coefficient (Wildman–Crippen LogP) is 1.37. The van der Waals surface area contributed by atoms with E-state index in [-0.39, 0.29) is 0 Å². The van der Waals surface area contributed by atoms with Gasteiger partial charge in [0.2, 0.25) is 10.0 Å². The maximum atomic E-state index is 11.6. The topological polar surface area (TPSA) is 66.6 Å². The third-order valence-electron chi connectivity index (χ3n) is 3.92. The van der Waals surface area contributed by atoms with Gasteiger partial charge in [0.05, 0.1) is 6.26 Å². The Kier molecular flexibility index (Phi) is 5.24. The Morgan fingerprint density at radius 3 is 2.86 bits per heavy atom. The maximum Gasteiger partial charge on any atom is 0.211 e. The van der Waals surface area contributed by atoms with Crippen LogP contribution in [0.4, 0.5) is 5.69 Å². The van der Waals surface area contributed by atoms with E-state index in [1.165, 1.54) is 11.8 Å². The molecule has 0 aromatic heterocycles. The van der Waals surface area contributed by atoms with E-state index in [0.717, 1.165) is 31.6 Å². The summed E-state index contributed by atoms with van der Waals surface area (Å²) < 4.78 is 24.9. The smallest absolute Gasteiger partial charge is 0.211 e. The molecule has 2 rings (SSSR count). The Morgan fingerprint density at radius 1 is 1.43 bits per heavy atom. The molecule has 0 radical (unpaired) electrons. The Hall–Kier alpha value is -1.11. The summed E-state index contributed by atoms with van der Waals surface area (Å²) in [6.07, 6.45) is 3.34. The molecule has 2 N–H and O–H groups in total. The lowest BCUT2D eigenvalue weighted by Gasteiger charge is -2.33. The molecule has 1 atom stereocenters. The summed E-state index contributed by atoms with van der Waals surface area (Å²) in [5.74, 6) is 0.402. The second kappa shape index (κ2) is 6.77. The summed E-state index contributed by atoms with van der Waals surface area (Å²) in [6, 6.07) is 7.90. The molecule has 0 spiro atoms. The van der Waals surface area contributed by atoms with E-state index >= 15 is 0 Å². The van der Waals surface area contributed by atoms with Crippen molar-refractivity contribution in [3.63, 3.8) is 0 Å². The molecule has 5 nitrogen and oxygen atoms in total. The van der Waals surface area contributed by atoms with Crippen molar-refractivity contribution in [1.29, 1.82) is 0 Å². The lowest BCUT2D eigenvalue weighted by molar-refractivity contribution is 0.197. The standard InChI is InChI=1S/C15H25N3O2S/c1-17(10-13-5-3-7-15(16)9-13)11-14-6-4-8-18(12-14)21(2,19)20/h3,5,7,9,14H,4,6,8,10-12,16H2,1-2H3. The molecule has 1 saturated heterocycles. The van der Waals surface area contributed by atoms with Crippen molar-refractivity contribution in [1.82, 2.24) is 9.21 Å². The van der Waals surface area contributed by atoms with Gasteiger partial charge in [-0.2, -0.15) is 0 Å². The highest BCUT2D eigenvalue weighted by Crippen LogP contribution is 2.20. The molecule has 21 heavy (non-hydrogen) atoms. The van der Waals surface area contributed by atoms with Crippen LogP contribution in [0.25, 0.3) is 0 Å².